The number of likely N-dealkylation sites (tertiary alicyclic amines) is 1. The molecule has 1 aromatic carbocycles. The van der Waals surface area contributed by atoms with Crippen LogP contribution in [-0.2, 0) is 19.1 Å². The molecule has 3 heterocycles. The number of nitrogens with zero attached hydrogens (tertiary/aromatic N) is 3. The van der Waals surface area contributed by atoms with Crippen LogP contribution in [0.15, 0.2) is 55.6 Å². The molecule has 1 N–H and O–H groups in total. The van der Waals surface area contributed by atoms with E-state index in [1.807, 2.05) is 44.2 Å². The molecule has 2 bridgehead atoms. The van der Waals surface area contributed by atoms with Gasteiger partial charge in [-0.2, -0.15) is 0 Å². The van der Waals surface area contributed by atoms with Crippen molar-refractivity contribution in [2.45, 2.75) is 63.3 Å². The Balaban J connectivity index is 1.88. The van der Waals surface area contributed by atoms with Gasteiger partial charge < -0.3 is 24.5 Å². The summed E-state index contributed by atoms with van der Waals surface area (Å²) < 4.78 is 6.85. The third-order valence-electron chi connectivity index (χ3n) is 9.17. The fraction of sp³-hybridized carbons (Fsp3) is 0.581. The van der Waals surface area contributed by atoms with Crippen molar-refractivity contribution in [3.05, 3.63) is 61.2 Å². The molecule has 3 aliphatic heterocycles. The van der Waals surface area contributed by atoms with Crippen LogP contribution in [0.3, 0.4) is 0 Å². The minimum atomic E-state index is -1.18. The summed E-state index contributed by atoms with van der Waals surface area (Å²) in [6.45, 7) is 14.5. The van der Waals surface area contributed by atoms with Gasteiger partial charge in [-0.05, 0) is 31.2 Å². The maximum absolute atomic E-state index is 14.6. The third-order valence-corrected chi connectivity index (χ3v) is 9.17. The highest BCUT2D eigenvalue weighted by molar-refractivity contribution is 5.99. The van der Waals surface area contributed by atoms with Gasteiger partial charge in [-0.25, -0.2) is 0 Å². The van der Waals surface area contributed by atoms with Crippen LogP contribution < -0.4 is 0 Å². The number of likely N-dealkylation sites (N-methyl/N-ethyl adjacent to an activating group) is 1. The molecule has 3 unspecified atom stereocenters. The number of rotatable bonds is 12. The van der Waals surface area contributed by atoms with E-state index in [0.29, 0.717) is 26.1 Å². The van der Waals surface area contributed by atoms with Gasteiger partial charge in [-0.15, -0.1) is 13.2 Å². The number of fused-ring (bicyclic) bond motifs is 1. The molecule has 8 heteroatoms. The monoisotopic (exact) mass is 537 g/mol. The second kappa shape index (κ2) is 11.3. The van der Waals surface area contributed by atoms with Crippen molar-refractivity contribution >= 4 is 17.7 Å². The number of amides is 3. The van der Waals surface area contributed by atoms with E-state index in [1.165, 1.54) is 4.90 Å². The molecule has 3 aliphatic rings. The SMILES string of the molecule is C=CCN(C)C(=O)[C@H]1[C@H]2C(=O)N([C@H](CO)c3ccccc3)C(C(=O)N(CC=C)CCCC)C23CC(C)[C@]1(C)O3. The van der Waals surface area contributed by atoms with Crippen LogP contribution in [0.2, 0.25) is 0 Å². The van der Waals surface area contributed by atoms with E-state index in [1.54, 1.807) is 29.0 Å². The number of ether oxygens (including phenoxy) is 1. The van der Waals surface area contributed by atoms with Crippen LogP contribution in [-0.4, -0.2) is 88.1 Å². The van der Waals surface area contributed by atoms with Gasteiger partial charge in [0, 0.05) is 26.7 Å². The van der Waals surface area contributed by atoms with E-state index in [9.17, 15) is 19.5 Å². The van der Waals surface area contributed by atoms with Crippen molar-refractivity contribution in [3.8, 4) is 0 Å². The highest BCUT2D eigenvalue weighted by Crippen LogP contribution is 2.66. The molecular weight excluding hydrogens is 494 g/mol. The van der Waals surface area contributed by atoms with E-state index in [-0.39, 0.29) is 30.2 Å². The van der Waals surface area contributed by atoms with Crippen molar-refractivity contribution in [2.24, 2.45) is 17.8 Å². The van der Waals surface area contributed by atoms with E-state index in [0.717, 1.165) is 18.4 Å². The fourth-order valence-electron chi connectivity index (χ4n) is 7.19. The minimum absolute atomic E-state index is 0.0596. The Labute approximate surface area is 232 Å². The predicted octanol–water partition coefficient (Wildman–Crippen LogP) is 3.19. The zero-order valence-corrected chi connectivity index (χ0v) is 23.7. The average molecular weight is 538 g/mol. The fourth-order valence-corrected chi connectivity index (χ4v) is 7.19. The predicted molar refractivity (Wildman–Crippen MR) is 149 cm³/mol. The van der Waals surface area contributed by atoms with Crippen molar-refractivity contribution in [3.63, 3.8) is 0 Å². The normalized spacial score (nSPS) is 31.6. The lowest BCUT2D eigenvalue weighted by Gasteiger charge is -2.39. The van der Waals surface area contributed by atoms with E-state index in [2.05, 4.69) is 20.1 Å². The Morgan fingerprint density at radius 2 is 1.87 bits per heavy atom. The number of aliphatic hydroxyl groups is 1. The first kappa shape index (κ1) is 29.0. The van der Waals surface area contributed by atoms with Crippen LogP contribution in [0.5, 0.6) is 0 Å². The molecular formula is C31H43N3O5. The van der Waals surface area contributed by atoms with Crippen LogP contribution >= 0.6 is 0 Å². The van der Waals surface area contributed by atoms with Gasteiger partial charge in [0.25, 0.3) is 0 Å². The molecule has 3 saturated heterocycles. The highest BCUT2D eigenvalue weighted by atomic mass is 16.5. The third kappa shape index (κ3) is 4.51. The van der Waals surface area contributed by atoms with Gasteiger partial charge >= 0.3 is 0 Å². The quantitative estimate of drug-likeness (QED) is 0.414. The van der Waals surface area contributed by atoms with Gasteiger partial charge in [0.1, 0.15) is 11.6 Å². The summed E-state index contributed by atoms with van der Waals surface area (Å²) in [6.07, 6.45) is 5.54. The van der Waals surface area contributed by atoms with Crippen LogP contribution in [0.25, 0.3) is 0 Å². The smallest absolute Gasteiger partial charge is 0.248 e. The first-order valence-corrected chi connectivity index (χ1v) is 14.1. The Morgan fingerprint density at radius 3 is 2.46 bits per heavy atom. The largest absolute Gasteiger partial charge is 0.394 e. The molecule has 0 radical (unpaired) electrons. The zero-order valence-electron chi connectivity index (χ0n) is 23.7. The molecule has 0 aliphatic carbocycles. The van der Waals surface area contributed by atoms with Crippen LogP contribution in [0.4, 0.5) is 0 Å². The number of carbonyl (C=O) groups is 3. The molecule has 7 atom stereocenters. The molecule has 0 aromatic heterocycles. The first-order chi connectivity index (χ1) is 18.6. The molecule has 212 valence electrons. The molecule has 4 rings (SSSR count). The molecule has 0 saturated carbocycles. The summed E-state index contributed by atoms with van der Waals surface area (Å²) in [5.41, 5.74) is -1.34. The lowest BCUT2D eigenvalue weighted by Crippen LogP contribution is -2.57. The lowest BCUT2D eigenvalue weighted by atomic mass is 9.62. The van der Waals surface area contributed by atoms with Gasteiger partial charge in [-0.1, -0.05) is 62.8 Å². The van der Waals surface area contributed by atoms with Crippen LogP contribution in [0.1, 0.15) is 51.6 Å². The van der Waals surface area contributed by atoms with Gasteiger partial charge in [-0.3, -0.25) is 14.4 Å². The summed E-state index contributed by atoms with van der Waals surface area (Å²) in [4.78, 5) is 47.8. The summed E-state index contributed by atoms with van der Waals surface area (Å²) in [5, 5.41) is 10.6. The maximum Gasteiger partial charge on any atom is 0.248 e. The Hall–Kier alpha value is -2.97. The van der Waals surface area contributed by atoms with Crippen LogP contribution in [0, 0.1) is 17.8 Å². The first-order valence-electron chi connectivity index (χ1n) is 14.1. The number of hydrogen-bond acceptors (Lipinski definition) is 5. The molecule has 39 heavy (non-hydrogen) atoms. The number of hydrogen-bond donors (Lipinski definition) is 1. The number of carbonyl (C=O) groups excluding carboxylic acids is 3. The summed E-state index contributed by atoms with van der Waals surface area (Å²) in [5.74, 6) is -2.37. The number of unbranched alkanes of at least 4 members (excludes halogenated alkanes) is 1. The maximum atomic E-state index is 14.6. The molecule has 1 spiro atoms. The van der Waals surface area contributed by atoms with Gasteiger partial charge in [0.2, 0.25) is 17.7 Å². The molecule has 3 fully saturated rings. The molecule has 3 amide bonds. The summed E-state index contributed by atoms with van der Waals surface area (Å²) in [7, 11) is 1.70. The van der Waals surface area contributed by atoms with Gasteiger partial charge in [0.15, 0.2) is 0 Å². The molecule has 8 nitrogen and oxygen atoms in total. The number of benzene rings is 1. The lowest BCUT2D eigenvalue weighted by molar-refractivity contribution is -0.157. The second-order valence-corrected chi connectivity index (χ2v) is 11.5. The van der Waals surface area contributed by atoms with E-state index in [4.69, 9.17) is 4.74 Å². The minimum Gasteiger partial charge on any atom is -0.394 e. The Bertz CT molecular complexity index is 1110. The standard InChI is InChI=1S/C31H43N3O5/c1-7-10-18-33(17-9-3)29(38)26-31-19-21(4)30(5,39-31)24(27(36)32(6)16-8-2)25(31)28(37)34(26)23(20-35)22-14-12-11-13-15-22/h8-9,11-15,21,23-26,35H,2-3,7,10,16-20H2,1,4-6H3/t21?,23-,24-,25+,26?,30+,31?/m1/s1. The summed E-state index contributed by atoms with van der Waals surface area (Å²) >= 11 is 0. The van der Waals surface area contributed by atoms with E-state index < -0.39 is 35.1 Å². The van der Waals surface area contributed by atoms with Crippen molar-refractivity contribution < 1.29 is 24.2 Å². The summed E-state index contributed by atoms with van der Waals surface area (Å²) in [6, 6.07) is 7.54. The van der Waals surface area contributed by atoms with Crippen molar-refractivity contribution in [1.29, 1.82) is 0 Å². The van der Waals surface area contributed by atoms with Crippen molar-refractivity contribution in [1.82, 2.24) is 14.7 Å². The Kier molecular flexibility index (Phi) is 8.38. The average Bonchev–Trinajstić information content (AvgIpc) is 3.44. The number of aliphatic hydroxyl groups excluding tert-OH is 1. The van der Waals surface area contributed by atoms with Gasteiger partial charge in [0.05, 0.1) is 30.1 Å². The topological polar surface area (TPSA) is 90.4 Å². The second-order valence-electron chi connectivity index (χ2n) is 11.5. The zero-order chi connectivity index (χ0) is 28.5. The highest BCUT2D eigenvalue weighted by Gasteiger charge is 2.80. The van der Waals surface area contributed by atoms with E-state index >= 15 is 0 Å². The Morgan fingerprint density at radius 1 is 1.21 bits per heavy atom. The van der Waals surface area contributed by atoms with Crippen molar-refractivity contribution in [2.75, 3.05) is 33.3 Å². The molecule has 1 aromatic rings.